The van der Waals surface area contributed by atoms with Crippen molar-refractivity contribution < 1.29 is 9.84 Å². The van der Waals surface area contributed by atoms with E-state index in [0.29, 0.717) is 12.6 Å². The largest absolute Gasteiger partial charge is 0.392 e. The molecule has 3 heteroatoms. The maximum Gasteiger partial charge on any atom is 0.0708 e. The lowest BCUT2D eigenvalue weighted by Crippen LogP contribution is -2.34. The van der Waals surface area contributed by atoms with Crippen molar-refractivity contribution in [3.63, 3.8) is 0 Å². The summed E-state index contributed by atoms with van der Waals surface area (Å²) in [6, 6.07) is 0. The van der Waals surface area contributed by atoms with Gasteiger partial charge in [0.2, 0.25) is 0 Å². The summed E-state index contributed by atoms with van der Waals surface area (Å²) in [7, 11) is 0. The Morgan fingerprint density at radius 2 is 2.12 bits per heavy atom. The molecule has 0 radical (unpaired) electrons. The summed E-state index contributed by atoms with van der Waals surface area (Å²) in [5.74, 6) is 0. The second-order valence-corrected chi connectivity index (χ2v) is 5.39. The summed E-state index contributed by atoms with van der Waals surface area (Å²) in [6.07, 6.45) is 8.64. The molecule has 1 aliphatic carbocycles. The molecule has 2 N–H and O–H groups in total. The summed E-state index contributed by atoms with van der Waals surface area (Å²) >= 11 is 0. The molecule has 1 heterocycles. The molecule has 2 fully saturated rings. The fraction of sp³-hybridized carbons (Fsp3) is 1.00. The first kappa shape index (κ1) is 12.3. The Morgan fingerprint density at radius 1 is 1.38 bits per heavy atom. The van der Waals surface area contributed by atoms with Gasteiger partial charge in [-0.05, 0) is 32.1 Å². The van der Waals surface area contributed by atoms with Crippen LogP contribution in [0.5, 0.6) is 0 Å². The standard InChI is InChI=1S/C13H25NO2/c1-2-11(15)9-14-10-12-5-8-13(16-12)6-3-4-7-13/h11-12,14-15H,2-10H2,1H3. The van der Waals surface area contributed by atoms with E-state index in [4.69, 9.17) is 4.74 Å². The van der Waals surface area contributed by atoms with Gasteiger partial charge in [-0.25, -0.2) is 0 Å². The van der Waals surface area contributed by atoms with Gasteiger partial charge in [-0.15, -0.1) is 0 Å². The smallest absolute Gasteiger partial charge is 0.0708 e. The van der Waals surface area contributed by atoms with Crippen molar-refractivity contribution in [2.45, 2.75) is 69.7 Å². The average molecular weight is 227 g/mol. The fourth-order valence-corrected chi connectivity index (χ4v) is 2.98. The van der Waals surface area contributed by atoms with E-state index in [-0.39, 0.29) is 11.7 Å². The predicted molar refractivity (Wildman–Crippen MR) is 64.5 cm³/mol. The van der Waals surface area contributed by atoms with Crippen LogP contribution < -0.4 is 5.32 Å². The molecule has 16 heavy (non-hydrogen) atoms. The monoisotopic (exact) mass is 227 g/mol. The van der Waals surface area contributed by atoms with Crippen molar-refractivity contribution in [1.29, 1.82) is 0 Å². The van der Waals surface area contributed by atoms with E-state index in [0.717, 1.165) is 13.0 Å². The molecule has 1 saturated carbocycles. The molecule has 2 unspecified atom stereocenters. The van der Waals surface area contributed by atoms with Crippen LogP contribution in [0.2, 0.25) is 0 Å². The summed E-state index contributed by atoms with van der Waals surface area (Å²) in [5.41, 5.74) is 0.246. The van der Waals surface area contributed by atoms with Crippen LogP contribution >= 0.6 is 0 Å². The SMILES string of the molecule is CCC(O)CNCC1CCC2(CCCC2)O1. The van der Waals surface area contributed by atoms with Crippen LogP contribution in [0.25, 0.3) is 0 Å². The van der Waals surface area contributed by atoms with Gasteiger partial charge in [0.25, 0.3) is 0 Å². The Morgan fingerprint density at radius 3 is 2.81 bits per heavy atom. The minimum Gasteiger partial charge on any atom is -0.392 e. The van der Waals surface area contributed by atoms with Gasteiger partial charge in [-0.3, -0.25) is 0 Å². The summed E-state index contributed by atoms with van der Waals surface area (Å²) < 4.78 is 6.18. The third-order valence-corrected chi connectivity index (χ3v) is 4.08. The first-order valence-corrected chi connectivity index (χ1v) is 6.81. The minimum absolute atomic E-state index is 0.207. The van der Waals surface area contributed by atoms with Gasteiger partial charge < -0.3 is 15.2 Å². The normalized spacial score (nSPS) is 30.0. The first-order chi connectivity index (χ1) is 7.74. The highest BCUT2D eigenvalue weighted by molar-refractivity contribution is 4.93. The van der Waals surface area contributed by atoms with Gasteiger partial charge in [0, 0.05) is 13.1 Å². The zero-order valence-corrected chi connectivity index (χ0v) is 10.4. The Balaban J connectivity index is 1.65. The van der Waals surface area contributed by atoms with Crippen LogP contribution in [0.15, 0.2) is 0 Å². The van der Waals surface area contributed by atoms with E-state index in [9.17, 15) is 5.11 Å². The number of nitrogens with one attached hydrogen (secondary N) is 1. The van der Waals surface area contributed by atoms with Crippen LogP contribution in [0.3, 0.4) is 0 Å². The molecule has 0 amide bonds. The van der Waals surface area contributed by atoms with Gasteiger partial charge in [0.1, 0.15) is 0 Å². The Bertz CT molecular complexity index is 214. The zero-order chi connectivity index (χ0) is 11.4. The van der Waals surface area contributed by atoms with Crippen molar-refractivity contribution >= 4 is 0 Å². The second kappa shape index (κ2) is 5.48. The zero-order valence-electron chi connectivity index (χ0n) is 10.4. The van der Waals surface area contributed by atoms with Crippen LogP contribution in [-0.4, -0.2) is 36.0 Å². The quantitative estimate of drug-likeness (QED) is 0.753. The molecule has 1 spiro atoms. The molecular formula is C13H25NO2. The highest BCUT2D eigenvalue weighted by Crippen LogP contribution is 2.43. The number of aliphatic hydroxyl groups excluding tert-OH is 1. The topological polar surface area (TPSA) is 41.5 Å². The minimum atomic E-state index is -0.207. The lowest BCUT2D eigenvalue weighted by atomic mass is 9.98. The summed E-state index contributed by atoms with van der Waals surface area (Å²) in [5, 5.41) is 12.7. The maximum atomic E-state index is 9.43. The third kappa shape index (κ3) is 2.96. The molecule has 3 nitrogen and oxygen atoms in total. The van der Waals surface area contributed by atoms with E-state index in [1.54, 1.807) is 0 Å². The summed E-state index contributed by atoms with van der Waals surface area (Å²) in [4.78, 5) is 0. The van der Waals surface area contributed by atoms with Crippen LogP contribution in [0.1, 0.15) is 51.9 Å². The molecule has 1 aliphatic heterocycles. The van der Waals surface area contributed by atoms with Gasteiger partial charge in [0.15, 0.2) is 0 Å². The molecule has 0 aromatic heterocycles. The lowest BCUT2D eigenvalue weighted by molar-refractivity contribution is -0.0357. The molecule has 2 rings (SSSR count). The number of ether oxygens (including phenoxy) is 1. The van der Waals surface area contributed by atoms with Crippen molar-refractivity contribution in [1.82, 2.24) is 5.32 Å². The Hall–Kier alpha value is -0.120. The molecule has 94 valence electrons. The number of aliphatic hydroxyl groups is 1. The van der Waals surface area contributed by atoms with E-state index in [2.05, 4.69) is 5.32 Å². The van der Waals surface area contributed by atoms with E-state index >= 15 is 0 Å². The van der Waals surface area contributed by atoms with Crippen molar-refractivity contribution in [2.24, 2.45) is 0 Å². The van der Waals surface area contributed by atoms with Gasteiger partial charge in [-0.2, -0.15) is 0 Å². The Kier molecular flexibility index (Phi) is 4.22. The molecule has 0 bridgehead atoms. The number of rotatable bonds is 5. The molecular weight excluding hydrogens is 202 g/mol. The van der Waals surface area contributed by atoms with E-state index in [1.807, 2.05) is 6.92 Å². The second-order valence-electron chi connectivity index (χ2n) is 5.39. The van der Waals surface area contributed by atoms with E-state index in [1.165, 1.54) is 38.5 Å². The highest BCUT2D eigenvalue weighted by Gasteiger charge is 2.41. The lowest BCUT2D eigenvalue weighted by Gasteiger charge is -2.24. The first-order valence-electron chi connectivity index (χ1n) is 6.81. The van der Waals surface area contributed by atoms with E-state index < -0.39 is 0 Å². The number of hydrogen-bond donors (Lipinski definition) is 2. The molecule has 0 aromatic rings. The van der Waals surface area contributed by atoms with Gasteiger partial charge in [-0.1, -0.05) is 19.8 Å². The molecule has 1 saturated heterocycles. The van der Waals surface area contributed by atoms with Crippen molar-refractivity contribution in [3.05, 3.63) is 0 Å². The van der Waals surface area contributed by atoms with Gasteiger partial charge in [0.05, 0.1) is 17.8 Å². The molecule has 2 aliphatic rings. The maximum absolute atomic E-state index is 9.43. The third-order valence-electron chi connectivity index (χ3n) is 4.08. The Labute approximate surface area is 98.6 Å². The average Bonchev–Trinajstić information content (AvgIpc) is 2.90. The number of hydrogen-bond acceptors (Lipinski definition) is 3. The van der Waals surface area contributed by atoms with Crippen molar-refractivity contribution in [2.75, 3.05) is 13.1 Å². The summed E-state index contributed by atoms with van der Waals surface area (Å²) in [6.45, 7) is 3.61. The molecule has 2 atom stereocenters. The molecule has 0 aromatic carbocycles. The fourth-order valence-electron chi connectivity index (χ4n) is 2.98. The van der Waals surface area contributed by atoms with Crippen molar-refractivity contribution in [3.8, 4) is 0 Å². The van der Waals surface area contributed by atoms with Crippen LogP contribution in [-0.2, 0) is 4.74 Å². The van der Waals surface area contributed by atoms with Gasteiger partial charge >= 0.3 is 0 Å². The predicted octanol–water partition coefficient (Wildman–Crippen LogP) is 1.84. The van der Waals surface area contributed by atoms with Crippen LogP contribution in [0, 0.1) is 0 Å². The van der Waals surface area contributed by atoms with Crippen LogP contribution in [0.4, 0.5) is 0 Å². The highest BCUT2D eigenvalue weighted by atomic mass is 16.5.